The highest BCUT2D eigenvalue weighted by Gasteiger charge is 2.70. The van der Waals surface area contributed by atoms with Crippen molar-refractivity contribution in [2.24, 2.45) is 0 Å². The quantitative estimate of drug-likeness (QED) is 0.676. The van der Waals surface area contributed by atoms with Gasteiger partial charge in [0.15, 0.2) is 17.6 Å². The summed E-state index contributed by atoms with van der Waals surface area (Å²) in [5.41, 5.74) is 0.119. The number of ether oxygens (including phenoxy) is 3. The Morgan fingerprint density at radius 3 is 2.93 bits per heavy atom. The normalized spacial score (nSPS) is 28.6. The molecule has 3 aliphatic carbocycles. The number of Topliss-reactive ketones (excluding diaryl/α,β-unsaturated/α-hetero) is 1. The van der Waals surface area contributed by atoms with E-state index in [0.717, 1.165) is 19.3 Å². The van der Waals surface area contributed by atoms with E-state index in [1.54, 1.807) is 31.5 Å². The first-order chi connectivity index (χ1) is 14.4. The topological polar surface area (TPSA) is 91.7 Å². The van der Waals surface area contributed by atoms with Crippen molar-refractivity contribution in [3.05, 3.63) is 41.2 Å². The zero-order valence-electron chi connectivity index (χ0n) is 16.5. The van der Waals surface area contributed by atoms with Gasteiger partial charge in [-0.3, -0.25) is 14.3 Å². The van der Waals surface area contributed by atoms with E-state index in [2.05, 4.69) is 10.4 Å². The maximum atomic E-state index is 12.8. The molecular formula is C21H22ClN3O5. The molecule has 2 bridgehead atoms. The van der Waals surface area contributed by atoms with Gasteiger partial charge < -0.3 is 19.5 Å². The summed E-state index contributed by atoms with van der Waals surface area (Å²) in [5, 5.41) is 8.00. The summed E-state index contributed by atoms with van der Waals surface area (Å²) >= 11 is 5.95. The second-order valence-electron chi connectivity index (χ2n) is 8.36. The van der Waals surface area contributed by atoms with Crippen LogP contribution in [0.4, 0.5) is 0 Å². The Kier molecular flexibility index (Phi) is 4.52. The summed E-state index contributed by atoms with van der Waals surface area (Å²) in [5.74, 6) is 0.733. The maximum absolute atomic E-state index is 12.8. The predicted molar refractivity (Wildman–Crippen MR) is 107 cm³/mol. The van der Waals surface area contributed by atoms with Gasteiger partial charge in [-0.15, -0.1) is 0 Å². The van der Waals surface area contributed by atoms with Crippen LogP contribution in [-0.2, 0) is 15.1 Å². The molecule has 4 aliphatic rings. The number of benzene rings is 1. The van der Waals surface area contributed by atoms with Crippen LogP contribution in [0.2, 0.25) is 5.02 Å². The van der Waals surface area contributed by atoms with Gasteiger partial charge >= 0.3 is 0 Å². The van der Waals surface area contributed by atoms with Gasteiger partial charge in [0, 0.05) is 17.7 Å². The Morgan fingerprint density at radius 2 is 2.17 bits per heavy atom. The van der Waals surface area contributed by atoms with Gasteiger partial charge in [-0.2, -0.15) is 5.10 Å². The second-order valence-corrected chi connectivity index (χ2v) is 8.80. The van der Waals surface area contributed by atoms with Crippen molar-refractivity contribution in [2.45, 2.75) is 42.9 Å². The summed E-state index contributed by atoms with van der Waals surface area (Å²) < 4.78 is 18.3. The number of nitrogens with zero attached hydrogens (tertiary/aromatic N) is 2. The third-order valence-electron chi connectivity index (χ3n) is 6.17. The van der Waals surface area contributed by atoms with Gasteiger partial charge in [0.2, 0.25) is 0 Å². The first-order valence-corrected chi connectivity index (χ1v) is 10.3. The molecule has 3 fully saturated rings. The molecule has 0 radical (unpaired) electrons. The molecule has 6 rings (SSSR count). The first kappa shape index (κ1) is 19.4. The van der Waals surface area contributed by atoms with Crippen molar-refractivity contribution in [1.29, 1.82) is 0 Å². The van der Waals surface area contributed by atoms with Crippen LogP contribution in [0.5, 0.6) is 11.5 Å². The SMILES string of the molecule is COCCOc1cnn(C23CC(NC(=O)[C@H]4CC(=O)c5cc(Cl)ccc5O4)(C2)C3)c1. The van der Waals surface area contributed by atoms with E-state index in [1.165, 1.54) is 0 Å². The fourth-order valence-corrected chi connectivity index (χ4v) is 4.95. The minimum absolute atomic E-state index is 0.0156. The molecule has 1 N–H and O–H groups in total. The largest absolute Gasteiger partial charge is 0.488 e. The van der Waals surface area contributed by atoms with Gasteiger partial charge in [-0.25, -0.2) is 0 Å². The number of nitrogens with one attached hydrogen (secondary N) is 1. The highest BCUT2D eigenvalue weighted by molar-refractivity contribution is 6.31. The Morgan fingerprint density at radius 1 is 1.37 bits per heavy atom. The predicted octanol–water partition coefficient (Wildman–Crippen LogP) is 2.34. The summed E-state index contributed by atoms with van der Waals surface area (Å²) in [7, 11) is 1.63. The number of rotatable bonds is 7. The number of hydrogen-bond acceptors (Lipinski definition) is 6. The van der Waals surface area contributed by atoms with Gasteiger partial charge in [-0.1, -0.05) is 11.6 Å². The average molecular weight is 432 g/mol. The molecular weight excluding hydrogens is 410 g/mol. The van der Waals surface area contributed by atoms with Crippen molar-refractivity contribution in [2.75, 3.05) is 20.3 Å². The molecule has 158 valence electrons. The van der Waals surface area contributed by atoms with Crippen molar-refractivity contribution in [3.63, 3.8) is 0 Å². The average Bonchev–Trinajstić information content (AvgIpc) is 3.12. The first-order valence-electron chi connectivity index (χ1n) is 9.90. The lowest BCUT2D eigenvalue weighted by Crippen LogP contribution is -2.79. The number of halogens is 1. The Hall–Kier alpha value is -2.58. The minimum atomic E-state index is -0.818. The molecule has 1 aromatic carbocycles. The third-order valence-corrected chi connectivity index (χ3v) is 6.40. The molecule has 1 atom stereocenters. The molecule has 1 amide bonds. The smallest absolute Gasteiger partial charge is 0.261 e. The molecule has 8 nitrogen and oxygen atoms in total. The van der Waals surface area contributed by atoms with Crippen LogP contribution >= 0.6 is 11.6 Å². The lowest BCUT2D eigenvalue weighted by molar-refractivity contribution is -0.163. The molecule has 30 heavy (non-hydrogen) atoms. The van der Waals surface area contributed by atoms with Crippen LogP contribution in [-0.4, -0.2) is 53.4 Å². The molecule has 9 heteroatoms. The molecule has 1 aromatic heterocycles. The molecule has 0 unspecified atom stereocenters. The standard InChI is InChI=1S/C21H22ClN3O5/c1-28-4-5-29-14-8-23-25(9-14)21-10-20(11-21,12-21)24-19(27)18-7-16(26)15-6-13(22)2-3-17(15)30-18/h2-3,6,8-9,18H,4-5,7,10-12H2,1H3,(H,24,27)/t18-,20?,21?/m1/s1. The molecule has 1 aliphatic heterocycles. The molecule has 2 aromatic rings. The van der Waals surface area contributed by atoms with Crippen LogP contribution in [0.3, 0.4) is 0 Å². The molecule has 0 saturated heterocycles. The summed E-state index contributed by atoms with van der Waals surface area (Å²) in [6.07, 6.45) is 5.20. The number of ketones is 1. The number of carbonyl (C=O) groups excluding carboxylic acids is 2. The van der Waals surface area contributed by atoms with E-state index in [9.17, 15) is 9.59 Å². The summed E-state index contributed by atoms with van der Waals surface area (Å²) in [4.78, 5) is 25.2. The number of methoxy groups -OCH3 is 1. The monoisotopic (exact) mass is 431 g/mol. The van der Waals surface area contributed by atoms with E-state index < -0.39 is 6.10 Å². The van der Waals surface area contributed by atoms with E-state index in [4.69, 9.17) is 25.8 Å². The number of carbonyl (C=O) groups is 2. The van der Waals surface area contributed by atoms with Gasteiger partial charge in [0.1, 0.15) is 12.4 Å². The molecule has 3 saturated carbocycles. The van der Waals surface area contributed by atoms with Gasteiger partial charge in [0.25, 0.3) is 5.91 Å². The maximum Gasteiger partial charge on any atom is 0.261 e. The number of amides is 1. The Labute approximate surface area is 178 Å². The molecule has 0 spiro atoms. The highest BCUT2D eigenvalue weighted by Crippen LogP contribution is 2.65. The van der Waals surface area contributed by atoms with E-state index in [-0.39, 0.29) is 29.2 Å². The fourth-order valence-electron chi connectivity index (χ4n) is 4.78. The highest BCUT2D eigenvalue weighted by atomic mass is 35.5. The lowest BCUT2D eigenvalue weighted by Gasteiger charge is -2.70. The van der Waals surface area contributed by atoms with Crippen molar-refractivity contribution in [1.82, 2.24) is 15.1 Å². The van der Waals surface area contributed by atoms with E-state index >= 15 is 0 Å². The van der Waals surface area contributed by atoms with Crippen LogP contribution in [0.25, 0.3) is 0 Å². The summed E-state index contributed by atoms with van der Waals surface area (Å²) in [6.45, 7) is 0.999. The van der Waals surface area contributed by atoms with Gasteiger partial charge in [-0.05, 0) is 37.5 Å². The number of hydrogen-bond donors (Lipinski definition) is 1. The second kappa shape index (κ2) is 6.99. The Bertz CT molecular complexity index is 1000. The Balaban J connectivity index is 1.18. The van der Waals surface area contributed by atoms with E-state index in [1.807, 2.05) is 10.9 Å². The third kappa shape index (κ3) is 3.15. The lowest BCUT2D eigenvalue weighted by atomic mass is 9.44. The zero-order valence-corrected chi connectivity index (χ0v) is 17.3. The number of fused-ring (bicyclic) bond motifs is 1. The fraction of sp³-hybridized carbons (Fsp3) is 0.476. The van der Waals surface area contributed by atoms with Crippen molar-refractivity contribution in [3.8, 4) is 11.5 Å². The minimum Gasteiger partial charge on any atom is -0.488 e. The molecule has 2 heterocycles. The van der Waals surface area contributed by atoms with Crippen LogP contribution in [0.1, 0.15) is 36.0 Å². The van der Waals surface area contributed by atoms with E-state index in [0.29, 0.717) is 35.3 Å². The number of aromatic nitrogens is 2. The van der Waals surface area contributed by atoms with Gasteiger partial charge in [0.05, 0.1) is 36.5 Å². The van der Waals surface area contributed by atoms with Crippen molar-refractivity contribution >= 4 is 23.3 Å². The zero-order chi connectivity index (χ0) is 20.9. The van der Waals surface area contributed by atoms with Crippen LogP contribution < -0.4 is 14.8 Å². The van der Waals surface area contributed by atoms with Crippen molar-refractivity contribution < 1.29 is 23.8 Å². The van der Waals surface area contributed by atoms with Crippen LogP contribution in [0, 0.1) is 0 Å². The summed E-state index contributed by atoms with van der Waals surface area (Å²) in [6, 6.07) is 4.86. The van der Waals surface area contributed by atoms with Crippen LogP contribution in [0.15, 0.2) is 30.6 Å².